The molecule has 0 aliphatic carbocycles. The first kappa shape index (κ1) is 16.3. The molecule has 0 radical (unpaired) electrons. The van der Waals surface area contributed by atoms with E-state index in [0.29, 0.717) is 17.9 Å². The van der Waals surface area contributed by atoms with E-state index in [9.17, 15) is 4.39 Å². The molecule has 2 aromatic rings. The predicted octanol–water partition coefficient (Wildman–Crippen LogP) is 5.24. The van der Waals surface area contributed by atoms with Gasteiger partial charge in [0.05, 0.1) is 7.11 Å². The average molecular weight is 372 g/mol. The van der Waals surface area contributed by atoms with Gasteiger partial charge in [0.15, 0.2) is 11.6 Å². The van der Waals surface area contributed by atoms with Crippen LogP contribution in [-0.2, 0) is 12.8 Å². The molecule has 1 atom stereocenters. The van der Waals surface area contributed by atoms with Gasteiger partial charge in [0, 0.05) is 10.4 Å². The molecule has 0 heterocycles. The Bertz CT molecular complexity index is 603. The lowest BCUT2D eigenvalue weighted by molar-refractivity contribution is 0.382. The molecule has 21 heavy (non-hydrogen) atoms. The number of hydrogen-bond donors (Lipinski definition) is 0. The maximum Gasteiger partial charge on any atom is 0.168 e. The Balaban J connectivity index is 2.15. The topological polar surface area (TPSA) is 9.23 Å². The van der Waals surface area contributed by atoms with E-state index in [4.69, 9.17) is 16.3 Å². The summed E-state index contributed by atoms with van der Waals surface area (Å²) < 4.78 is 20.3. The average Bonchev–Trinajstić information content (AvgIpc) is 2.50. The number of benzene rings is 2. The first-order valence-corrected chi connectivity index (χ1v) is 8.09. The molecule has 4 heteroatoms. The van der Waals surface area contributed by atoms with Crippen LogP contribution in [-0.4, -0.2) is 13.0 Å². The second kappa shape index (κ2) is 7.81. The fraction of sp³-hybridized carbons (Fsp3) is 0.294. The maximum absolute atomic E-state index is 14.2. The summed E-state index contributed by atoms with van der Waals surface area (Å²) >= 11 is 9.62. The molecule has 2 aromatic carbocycles. The summed E-state index contributed by atoms with van der Waals surface area (Å²) in [5.74, 6) is 0.647. The van der Waals surface area contributed by atoms with Gasteiger partial charge < -0.3 is 4.74 Å². The van der Waals surface area contributed by atoms with E-state index < -0.39 is 0 Å². The fourth-order valence-corrected chi connectivity index (χ4v) is 3.00. The number of hydrogen-bond acceptors (Lipinski definition) is 1. The molecule has 0 spiro atoms. The highest BCUT2D eigenvalue weighted by atomic mass is 79.9. The molecule has 1 unspecified atom stereocenters. The smallest absolute Gasteiger partial charge is 0.168 e. The van der Waals surface area contributed by atoms with Crippen LogP contribution < -0.4 is 4.74 Å². The molecule has 0 amide bonds. The van der Waals surface area contributed by atoms with Crippen LogP contribution in [0.3, 0.4) is 0 Å². The molecule has 0 bridgehead atoms. The van der Waals surface area contributed by atoms with Gasteiger partial charge in [-0.25, -0.2) is 4.39 Å². The van der Waals surface area contributed by atoms with Gasteiger partial charge >= 0.3 is 0 Å². The Morgan fingerprint density at radius 2 is 1.76 bits per heavy atom. The van der Waals surface area contributed by atoms with Crippen molar-refractivity contribution in [1.29, 1.82) is 0 Å². The van der Waals surface area contributed by atoms with Crippen molar-refractivity contribution in [2.24, 2.45) is 5.92 Å². The standard InChI is InChI=1S/C17H17BrClFO/c1-21-16-8-4-6-14(17(16)20)10-12(11-19)9-13-5-2-3-7-15(13)18/h2-8,12H,9-11H2,1H3. The minimum atomic E-state index is -0.290. The van der Waals surface area contributed by atoms with Crippen LogP contribution >= 0.6 is 27.5 Å². The van der Waals surface area contributed by atoms with Crippen molar-refractivity contribution in [3.8, 4) is 5.75 Å². The van der Waals surface area contributed by atoms with Crippen molar-refractivity contribution < 1.29 is 9.13 Å². The number of methoxy groups -OCH3 is 1. The highest BCUT2D eigenvalue weighted by Gasteiger charge is 2.15. The van der Waals surface area contributed by atoms with E-state index in [0.717, 1.165) is 10.9 Å². The number of halogens is 3. The van der Waals surface area contributed by atoms with Crippen LogP contribution in [0, 0.1) is 11.7 Å². The number of ether oxygens (including phenoxy) is 1. The van der Waals surface area contributed by atoms with Gasteiger partial charge in [0.2, 0.25) is 0 Å². The Hall–Kier alpha value is -1.06. The Labute approximate surface area is 138 Å². The number of rotatable bonds is 6. The van der Waals surface area contributed by atoms with Gasteiger partial charge in [0.1, 0.15) is 0 Å². The van der Waals surface area contributed by atoms with Crippen LogP contribution in [0.15, 0.2) is 46.9 Å². The summed E-state index contributed by atoms with van der Waals surface area (Å²) in [5.41, 5.74) is 1.83. The van der Waals surface area contributed by atoms with E-state index in [1.165, 1.54) is 12.7 Å². The number of alkyl halides is 1. The summed E-state index contributed by atoms with van der Waals surface area (Å²) in [6, 6.07) is 13.3. The molecule has 0 saturated carbocycles. The molecule has 0 N–H and O–H groups in total. The molecule has 2 rings (SSSR count). The molecule has 112 valence electrons. The van der Waals surface area contributed by atoms with E-state index in [1.807, 2.05) is 18.2 Å². The van der Waals surface area contributed by atoms with Gasteiger partial charge in [-0.15, -0.1) is 11.6 Å². The molecule has 1 nitrogen and oxygen atoms in total. The third-order valence-corrected chi connectivity index (χ3v) is 4.67. The van der Waals surface area contributed by atoms with E-state index in [2.05, 4.69) is 22.0 Å². The minimum Gasteiger partial charge on any atom is -0.494 e. The van der Waals surface area contributed by atoms with Crippen molar-refractivity contribution in [3.63, 3.8) is 0 Å². The summed E-state index contributed by atoms with van der Waals surface area (Å²) in [5, 5.41) is 0. The Morgan fingerprint density at radius 1 is 1.10 bits per heavy atom. The van der Waals surface area contributed by atoms with Crippen LogP contribution in [0.1, 0.15) is 11.1 Å². The van der Waals surface area contributed by atoms with Crippen molar-refractivity contribution >= 4 is 27.5 Å². The highest BCUT2D eigenvalue weighted by Crippen LogP contribution is 2.26. The van der Waals surface area contributed by atoms with Gasteiger partial charge in [-0.05, 0) is 42.0 Å². The fourth-order valence-electron chi connectivity index (χ4n) is 2.34. The second-order valence-electron chi connectivity index (χ2n) is 4.95. The summed E-state index contributed by atoms with van der Waals surface area (Å²) in [4.78, 5) is 0. The Kier molecular flexibility index (Phi) is 6.07. The zero-order chi connectivity index (χ0) is 15.2. The van der Waals surface area contributed by atoms with Crippen LogP contribution in [0.25, 0.3) is 0 Å². The predicted molar refractivity (Wildman–Crippen MR) is 88.7 cm³/mol. The SMILES string of the molecule is COc1cccc(CC(CCl)Cc2ccccc2Br)c1F. The van der Waals surface area contributed by atoms with Gasteiger partial charge in [-0.2, -0.15) is 0 Å². The van der Waals surface area contributed by atoms with Gasteiger partial charge in [-0.3, -0.25) is 0 Å². The summed E-state index contributed by atoms with van der Waals surface area (Å²) in [6.07, 6.45) is 1.40. The molecular weight excluding hydrogens is 355 g/mol. The lowest BCUT2D eigenvalue weighted by Crippen LogP contribution is -2.12. The van der Waals surface area contributed by atoms with E-state index >= 15 is 0 Å². The molecule has 0 aromatic heterocycles. The molecular formula is C17H17BrClFO. The van der Waals surface area contributed by atoms with Gasteiger partial charge in [0.25, 0.3) is 0 Å². The summed E-state index contributed by atoms with van der Waals surface area (Å²) in [6.45, 7) is 0. The lowest BCUT2D eigenvalue weighted by atomic mass is 9.93. The molecule has 0 saturated heterocycles. The molecule has 0 aliphatic heterocycles. The largest absolute Gasteiger partial charge is 0.494 e. The van der Waals surface area contributed by atoms with E-state index in [-0.39, 0.29) is 17.5 Å². The van der Waals surface area contributed by atoms with Crippen LogP contribution in [0.5, 0.6) is 5.75 Å². The van der Waals surface area contributed by atoms with Crippen molar-refractivity contribution in [2.45, 2.75) is 12.8 Å². The third kappa shape index (κ3) is 4.21. The van der Waals surface area contributed by atoms with Crippen molar-refractivity contribution in [1.82, 2.24) is 0 Å². The normalized spacial score (nSPS) is 12.2. The molecule has 0 aliphatic rings. The first-order chi connectivity index (χ1) is 10.2. The summed E-state index contributed by atoms with van der Waals surface area (Å²) in [7, 11) is 1.47. The second-order valence-corrected chi connectivity index (χ2v) is 6.12. The van der Waals surface area contributed by atoms with Crippen LogP contribution in [0.4, 0.5) is 4.39 Å². The monoisotopic (exact) mass is 370 g/mol. The maximum atomic E-state index is 14.2. The quantitative estimate of drug-likeness (QED) is 0.631. The minimum absolute atomic E-state index is 0.173. The first-order valence-electron chi connectivity index (χ1n) is 6.76. The Morgan fingerprint density at radius 3 is 2.43 bits per heavy atom. The van der Waals surface area contributed by atoms with Gasteiger partial charge in [-0.1, -0.05) is 46.3 Å². The zero-order valence-electron chi connectivity index (χ0n) is 11.8. The zero-order valence-corrected chi connectivity index (χ0v) is 14.1. The van der Waals surface area contributed by atoms with Crippen LogP contribution in [0.2, 0.25) is 0 Å². The third-order valence-electron chi connectivity index (χ3n) is 3.46. The van der Waals surface area contributed by atoms with E-state index in [1.54, 1.807) is 18.2 Å². The molecule has 0 fully saturated rings. The highest BCUT2D eigenvalue weighted by molar-refractivity contribution is 9.10. The van der Waals surface area contributed by atoms with Crippen molar-refractivity contribution in [2.75, 3.05) is 13.0 Å². The van der Waals surface area contributed by atoms with Crippen molar-refractivity contribution in [3.05, 3.63) is 63.9 Å². The lowest BCUT2D eigenvalue weighted by Gasteiger charge is -2.16.